The summed E-state index contributed by atoms with van der Waals surface area (Å²) in [4.78, 5) is 14.8. The van der Waals surface area contributed by atoms with E-state index >= 15 is 0 Å². The highest BCUT2D eigenvalue weighted by Crippen LogP contribution is 2.24. The summed E-state index contributed by atoms with van der Waals surface area (Å²) in [7, 11) is -1.68. The third-order valence-electron chi connectivity index (χ3n) is 4.84. The van der Waals surface area contributed by atoms with Gasteiger partial charge in [0.2, 0.25) is 15.9 Å². The molecule has 1 saturated heterocycles. The molecule has 2 rings (SSSR count). The van der Waals surface area contributed by atoms with Gasteiger partial charge >= 0.3 is 0 Å². The van der Waals surface area contributed by atoms with Gasteiger partial charge in [-0.25, -0.2) is 8.42 Å². The first-order valence-electron chi connectivity index (χ1n) is 9.49. The fourth-order valence-corrected chi connectivity index (χ4v) is 4.69. The van der Waals surface area contributed by atoms with Gasteiger partial charge in [0.15, 0.2) is 0 Å². The van der Waals surface area contributed by atoms with Gasteiger partial charge in [-0.3, -0.25) is 4.79 Å². The zero-order valence-corrected chi connectivity index (χ0v) is 17.5. The number of amides is 1. The summed E-state index contributed by atoms with van der Waals surface area (Å²) in [5.41, 5.74) is 0.754. The Balaban J connectivity index is 2.06. The summed E-state index contributed by atoms with van der Waals surface area (Å²) < 4.78 is 32.6. The number of carbonyl (C=O) groups is 1. The lowest BCUT2D eigenvalue weighted by molar-refractivity contribution is -0.122. The summed E-state index contributed by atoms with van der Waals surface area (Å²) in [5.74, 6) is 0.414. The maximum atomic E-state index is 13.0. The van der Waals surface area contributed by atoms with Crippen molar-refractivity contribution in [1.29, 1.82) is 0 Å². The molecule has 1 aromatic carbocycles. The number of hydrogen-bond donors (Lipinski definition) is 1. The Bertz CT molecular complexity index is 743. The molecule has 27 heavy (non-hydrogen) atoms. The predicted octanol–water partition coefficient (Wildman–Crippen LogP) is 1.61. The van der Waals surface area contributed by atoms with E-state index in [-0.39, 0.29) is 29.9 Å². The van der Waals surface area contributed by atoms with E-state index in [0.717, 1.165) is 31.5 Å². The lowest BCUT2D eigenvalue weighted by atomic mass is 10.1. The highest BCUT2D eigenvalue weighted by Gasteiger charge is 2.27. The van der Waals surface area contributed by atoms with Crippen molar-refractivity contribution in [2.75, 3.05) is 39.8 Å². The molecule has 1 aliphatic rings. The Morgan fingerprint density at radius 1 is 1.30 bits per heavy atom. The van der Waals surface area contributed by atoms with Gasteiger partial charge in [-0.05, 0) is 70.6 Å². The molecule has 0 spiro atoms. The first kappa shape index (κ1) is 21.7. The van der Waals surface area contributed by atoms with Crippen LogP contribution in [0.3, 0.4) is 0 Å². The molecule has 1 heterocycles. The average Bonchev–Trinajstić information content (AvgIpc) is 2.63. The van der Waals surface area contributed by atoms with Gasteiger partial charge in [-0.15, -0.1) is 0 Å². The minimum absolute atomic E-state index is 0.114. The molecular weight excluding hydrogens is 366 g/mol. The molecular formula is C19H31N3O4S. The summed E-state index contributed by atoms with van der Waals surface area (Å²) in [6.45, 7) is 7.89. The number of piperidine rings is 1. The van der Waals surface area contributed by atoms with Gasteiger partial charge in [0.05, 0.1) is 18.0 Å². The van der Waals surface area contributed by atoms with Crippen LogP contribution in [0, 0.1) is 6.92 Å². The van der Waals surface area contributed by atoms with E-state index in [1.807, 2.05) is 13.8 Å². The number of rotatable bonds is 8. The third-order valence-corrected chi connectivity index (χ3v) is 6.76. The summed E-state index contributed by atoms with van der Waals surface area (Å²) >= 11 is 0. The highest BCUT2D eigenvalue weighted by atomic mass is 32.2. The van der Waals surface area contributed by atoms with Crippen molar-refractivity contribution < 1.29 is 17.9 Å². The lowest BCUT2D eigenvalue weighted by Gasteiger charge is -2.30. The number of aryl methyl sites for hydroxylation is 1. The molecule has 7 nitrogen and oxygen atoms in total. The highest BCUT2D eigenvalue weighted by molar-refractivity contribution is 7.89. The summed E-state index contributed by atoms with van der Waals surface area (Å²) in [5, 5.41) is 2.97. The minimum Gasteiger partial charge on any atom is -0.494 e. The van der Waals surface area contributed by atoms with Crippen LogP contribution in [0.5, 0.6) is 5.75 Å². The van der Waals surface area contributed by atoms with Crippen LogP contribution in [-0.2, 0) is 14.8 Å². The van der Waals surface area contributed by atoms with Crippen LogP contribution >= 0.6 is 0 Å². The minimum atomic E-state index is -3.74. The molecule has 1 aromatic rings. The number of benzene rings is 1. The van der Waals surface area contributed by atoms with E-state index in [9.17, 15) is 13.2 Å². The number of hydrogen-bond acceptors (Lipinski definition) is 5. The number of carbonyl (C=O) groups excluding carboxylic acids is 1. The topological polar surface area (TPSA) is 79.0 Å². The molecule has 1 fully saturated rings. The first-order chi connectivity index (χ1) is 12.8. The van der Waals surface area contributed by atoms with E-state index in [1.165, 1.54) is 10.4 Å². The number of sulfonamides is 1. The molecule has 1 aliphatic heterocycles. The Morgan fingerprint density at radius 3 is 2.52 bits per heavy atom. The fourth-order valence-electron chi connectivity index (χ4n) is 3.20. The predicted molar refractivity (Wildman–Crippen MR) is 105 cm³/mol. The van der Waals surface area contributed by atoms with Crippen molar-refractivity contribution in [3.05, 3.63) is 23.8 Å². The standard InChI is InChI=1S/C19H31N3O4S/c1-5-22(14-19(23)20-16-9-11-21(4)12-10-16)27(24,25)17-7-8-18(26-6-2)15(3)13-17/h7-8,13,16H,5-6,9-12,14H2,1-4H3,(H,20,23). The van der Waals surface area contributed by atoms with E-state index in [1.54, 1.807) is 19.1 Å². The normalized spacial score (nSPS) is 16.5. The van der Waals surface area contributed by atoms with Crippen molar-refractivity contribution in [1.82, 2.24) is 14.5 Å². The van der Waals surface area contributed by atoms with Crippen LogP contribution in [0.25, 0.3) is 0 Å². The molecule has 0 atom stereocenters. The Morgan fingerprint density at radius 2 is 1.96 bits per heavy atom. The number of likely N-dealkylation sites (tertiary alicyclic amines) is 1. The van der Waals surface area contributed by atoms with Crippen molar-refractivity contribution >= 4 is 15.9 Å². The van der Waals surface area contributed by atoms with E-state index in [0.29, 0.717) is 12.4 Å². The second-order valence-corrected chi connectivity index (χ2v) is 8.87. The summed E-state index contributed by atoms with van der Waals surface area (Å²) in [6, 6.07) is 4.91. The number of likely N-dealkylation sites (N-methyl/N-ethyl adjacent to an activating group) is 1. The largest absolute Gasteiger partial charge is 0.494 e. The van der Waals surface area contributed by atoms with Crippen LogP contribution in [0.2, 0.25) is 0 Å². The maximum absolute atomic E-state index is 13.0. The van der Waals surface area contributed by atoms with E-state index < -0.39 is 10.0 Å². The van der Waals surface area contributed by atoms with Gasteiger partial charge in [0, 0.05) is 12.6 Å². The second-order valence-electron chi connectivity index (χ2n) is 6.94. The zero-order chi connectivity index (χ0) is 20.0. The molecule has 0 aromatic heterocycles. The molecule has 0 unspecified atom stereocenters. The molecule has 1 N–H and O–H groups in total. The molecule has 0 bridgehead atoms. The van der Waals surface area contributed by atoms with Crippen LogP contribution in [0.1, 0.15) is 32.3 Å². The van der Waals surface area contributed by atoms with Gasteiger partial charge in [-0.1, -0.05) is 6.92 Å². The second kappa shape index (κ2) is 9.52. The Hall–Kier alpha value is -1.64. The zero-order valence-electron chi connectivity index (χ0n) is 16.7. The van der Waals surface area contributed by atoms with Gasteiger partial charge in [0.1, 0.15) is 5.75 Å². The monoisotopic (exact) mass is 397 g/mol. The van der Waals surface area contributed by atoms with Crippen molar-refractivity contribution in [3.8, 4) is 5.75 Å². The Labute approximate surface area is 162 Å². The maximum Gasteiger partial charge on any atom is 0.243 e. The van der Waals surface area contributed by atoms with Crippen molar-refractivity contribution in [3.63, 3.8) is 0 Å². The van der Waals surface area contributed by atoms with Gasteiger partial charge < -0.3 is 15.0 Å². The average molecular weight is 398 g/mol. The van der Waals surface area contributed by atoms with Gasteiger partial charge in [-0.2, -0.15) is 4.31 Å². The number of nitrogens with one attached hydrogen (secondary N) is 1. The van der Waals surface area contributed by atoms with Crippen LogP contribution < -0.4 is 10.1 Å². The summed E-state index contributed by atoms with van der Waals surface area (Å²) in [6.07, 6.45) is 1.78. The SMILES string of the molecule is CCOc1ccc(S(=O)(=O)N(CC)CC(=O)NC2CCN(C)CC2)cc1C. The van der Waals surface area contributed by atoms with Gasteiger partial charge in [0.25, 0.3) is 0 Å². The van der Waals surface area contributed by atoms with Crippen LogP contribution in [0.15, 0.2) is 23.1 Å². The first-order valence-corrected chi connectivity index (χ1v) is 10.9. The van der Waals surface area contributed by atoms with Crippen molar-refractivity contribution in [2.24, 2.45) is 0 Å². The lowest BCUT2D eigenvalue weighted by Crippen LogP contribution is -2.47. The van der Waals surface area contributed by atoms with Crippen molar-refractivity contribution in [2.45, 2.75) is 44.6 Å². The third kappa shape index (κ3) is 5.67. The molecule has 1 amide bonds. The quantitative estimate of drug-likeness (QED) is 0.721. The molecule has 0 aliphatic carbocycles. The van der Waals surface area contributed by atoms with E-state index in [2.05, 4.69) is 17.3 Å². The molecule has 8 heteroatoms. The smallest absolute Gasteiger partial charge is 0.243 e. The van der Waals surface area contributed by atoms with Crippen LogP contribution in [0.4, 0.5) is 0 Å². The molecule has 0 radical (unpaired) electrons. The number of ether oxygens (including phenoxy) is 1. The van der Waals surface area contributed by atoms with E-state index in [4.69, 9.17) is 4.74 Å². The molecule has 152 valence electrons. The Kier molecular flexibility index (Phi) is 7.64. The fraction of sp³-hybridized carbons (Fsp3) is 0.632. The molecule has 0 saturated carbocycles. The van der Waals surface area contributed by atoms with Crippen LogP contribution in [-0.4, -0.2) is 69.4 Å². The number of nitrogens with zero attached hydrogens (tertiary/aromatic N) is 2.